The molecule has 4 aromatic rings. The third-order valence-electron chi connectivity index (χ3n) is 6.08. The zero-order valence-corrected chi connectivity index (χ0v) is 19.1. The normalized spacial score (nSPS) is 13.3. The molecule has 0 radical (unpaired) electrons. The SMILES string of the molecule is CCNc1cc(-c2ccccc2)c(-c2nncn2C)c(N2Cc3c(cccc3C(F)(F)F)C2=O)c1. The number of hydrogen-bond acceptors (Lipinski definition) is 4. The highest BCUT2D eigenvalue weighted by molar-refractivity contribution is 6.13. The van der Waals surface area contributed by atoms with Crippen molar-refractivity contribution >= 4 is 17.3 Å². The average molecular weight is 477 g/mol. The highest BCUT2D eigenvalue weighted by Crippen LogP contribution is 2.45. The summed E-state index contributed by atoms with van der Waals surface area (Å²) in [5.41, 5.74) is 2.73. The largest absolute Gasteiger partial charge is 0.416 e. The number of halogens is 3. The molecule has 0 bridgehead atoms. The van der Waals surface area contributed by atoms with Crippen LogP contribution in [-0.4, -0.2) is 27.2 Å². The fourth-order valence-corrected chi connectivity index (χ4v) is 4.53. The summed E-state index contributed by atoms with van der Waals surface area (Å²) in [6.07, 6.45) is -3.01. The van der Waals surface area contributed by atoms with Gasteiger partial charge in [0.2, 0.25) is 0 Å². The van der Waals surface area contributed by atoms with Crippen molar-refractivity contribution in [3.63, 3.8) is 0 Å². The molecule has 35 heavy (non-hydrogen) atoms. The Kier molecular flexibility index (Phi) is 5.55. The van der Waals surface area contributed by atoms with E-state index in [2.05, 4.69) is 15.5 Å². The molecule has 1 aliphatic heterocycles. The topological polar surface area (TPSA) is 63.1 Å². The zero-order valence-electron chi connectivity index (χ0n) is 19.1. The summed E-state index contributed by atoms with van der Waals surface area (Å²) < 4.78 is 43.0. The third kappa shape index (κ3) is 3.92. The highest BCUT2D eigenvalue weighted by Gasteiger charge is 2.40. The predicted octanol–water partition coefficient (Wildman–Crippen LogP) is 5.76. The Balaban J connectivity index is 1.77. The molecule has 0 aliphatic carbocycles. The number of amides is 1. The van der Waals surface area contributed by atoms with E-state index in [0.717, 1.165) is 22.9 Å². The maximum Gasteiger partial charge on any atom is 0.416 e. The molecular weight excluding hydrogens is 455 g/mol. The first-order chi connectivity index (χ1) is 16.8. The fourth-order valence-electron chi connectivity index (χ4n) is 4.53. The van der Waals surface area contributed by atoms with Crippen LogP contribution in [0.2, 0.25) is 0 Å². The molecule has 5 rings (SSSR count). The van der Waals surface area contributed by atoms with Crippen LogP contribution in [0, 0.1) is 0 Å². The van der Waals surface area contributed by atoms with E-state index in [0.29, 0.717) is 23.6 Å². The van der Waals surface area contributed by atoms with Crippen LogP contribution in [0.5, 0.6) is 0 Å². The Bertz CT molecular complexity index is 1410. The Morgan fingerprint density at radius 3 is 2.46 bits per heavy atom. The molecule has 1 aromatic heterocycles. The summed E-state index contributed by atoms with van der Waals surface area (Å²) in [4.78, 5) is 14.9. The molecule has 0 fully saturated rings. The fraction of sp³-hybridized carbons (Fsp3) is 0.192. The van der Waals surface area contributed by atoms with Gasteiger partial charge < -0.3 is 14.8 Å². The number of anilines is 2. The van der Waals surface area contributed by atoms with Crippen molar-refractivity contribution in [2.45, 2.75) is 19.6 Å². The van der Waals surface area contributed by atoms with Gasteiger partial charge >= 0.3 is 6.18 Å². The van der Waals surface area contributed by atoms with Gasteiger partial charge in [-0.2, -0.15) is 13.2 Å². The summed E-state index contributed by atoms with van der Waals surface area (Å²) in [5, 5.41) is 11.6. The van der Waals surface area contributed by atoms with Gasteiger partial charge in [0.25, 0.3) is 5.91 Å². The first kappa shape index (κ1) is 22.6. The summed E-state index contributed by atoms with van der Waals surface area (Å²) in [6.45, 7) is 2.38. The molecule has 1 aliphatic rings. The molecule has 0 saturated heterocycles. The summed E-state index contributed by atoms with van der Waals surface area (Å²) in [6, 6.07) is 17.1. The Hall–Kier alpha value is -4.14. The van der Waals surface area contributed by atoms with Crippen molar-refractivity contribution in [3.05, 3.63) is 83.7 Å². The standard InChI is InChI=1S/C26H22F3N5O/c1-3-30-17-12-19(16-8-5-4-6-9-16)23(24-32-31-15-33(24)2)22(13-17)34-14-20-18(25(34)35)10-7-11-21(20)26(27,28)29/h4-13,15,30H,3,14H2,1-2H3. The van der Waals surface area contributed by atoms with Crippen molar-refractivity contribution in [1.29, 1.82) is 0 Å². The lowest BCUT2D eigenvalue weighted by Crippen LogP contribution is -2.24. The molecule has 6 nitrogen and oxygen atoms in total. The van der Waals surface area contributed by atoms with Gasteiger partial charge in [-0.3, -0.25) is 4.79 Å². The van der Waals surface area contributed by atoms with E-state index in [9.17, 15) is 18.0 Å². The molecular formula is C26H22F3N5O. The van der Waals surface area contributed by atoms with Crippen molar-refractivity contribution < 1.29 is 18.0 Å². The number of nitrogens with zero attached hydrogens (tertiary/aromatic N) is 4. The Morgan fingerprint density at radius 2 is 1.80 bits per heavy atom. The number of nitrogens with one attached hydrogen (secondary N) is 1. The van der Waals surface area contributed by atoms with E-state index in [1.54, 1.807) is 24.0 Å². The van der Waals surface area contributed by atoms with Crippen LogP contribution in [0.15, 0.2) is 67.0 Å². The maximum absolute atomic E-state index is 13.7. The van der Waals surface area contributed by atoms with Crippen molar-refractivity contribution in [2.75, 3.05) is 16.8 Å². The first-order valence-electron chi connectivity index (χ1n) is 11.1. The molecule has 178 valence electrons. The van der Waals surface area contributed by atoms with Gasteiger partial charge in [0.1, 0.15) is 6.33 Å². The van der Waals surface area contributed by atoms with E-state index in [1.807, 2.05) is 43.3 Å². The van der Waals surface area contributed by atoms with Gasteiger partial charge in [-0.15, -0.1) is 10.2 Å². The number of alkyl halides is 3. The summed E-state index contributed by atoms with van der Waals surface area (Å²) >= 11 is 0. The minimum atomic E-state index is -4.56. The maximum atomic E-state index is 13.7. The van der Waals surface area contributed by atoms with E-state index in [-0.39, 0.29) is 17.7 Å². The minimum absolute atomic E-state index is 0.0240. The van der Waals surface area contributed by atoms with Crippen molar-refractivity contribution in [3.8, 4) is 22.5 Å². The summed E-state index contributed by atoms with van der Waals surface area (Å²) in [5.74, 6) is 0.0175. The van der Waals surface area contributed by atoms with Gasteiger partial charge in [0, 0.05) is 24.8 Å². The number of benzene rings is 3. The van der Waals surface area contributed by atoms with Crippen LogP contribution in [0.25, 0.3) is 22.5 Å². The second-order valence-electron chi connectivity index (χ2n) is 8.30. The molecule has 1 amide bonds. The molecule has 3 aromatic carbocycles. The lowest BCUT2D eigenvalue weighted by atomic mass is 9.95. The molecule has 0 atom stereocenters. The Labute approximate surface area is 200 Å². The number of aryl methyl sites for hydroxylation is 1. The Morgan fingerprint density at radius 1 is 1.03 bits per heavy atom. The second-order valence-corrected chi connectivity index (χ2v) is 8.30. The number of carbonyl (C=O) groups is 1. The van der Waals surface area contributed by atoms with Crippen LogP contribution < -0.4 is 10.2 Å². The lowest BCUT2D eigenvalue weighted by molar-refractivity contribution is -0.138. The quantitative estimate of drug-likeness (QED) is 0.397. The first-order valence-corrected chi connectivity index (χ1v) is 11.1. The van der Waals surface area contributed by atoms with Crippen LogP contribution in [0.1, 0.15) is 28.4 Å². The van der Waals surface area contributed by atoms with E-state index in [4.69, 9.17) is 0 Å². The molecule has 9 heteroatoms. The van der Waals surface area contributed by atoms with Gasteiger partial charge in [-0.25, -0.2) is 0 Å². The number of rotatable bonds is 5. The minimum Gasteiger partial charge on any atom is -0.385 e. The number of fused-ring (bicyclic) bond motifs is 1. The molecule has 0 spiro atoms. The van der Waals surface area contributed by atoms with E-state index >= 15 is 0 Å². The predicted molar refractivity (Wildman–Crippen MR) is 128 cm³/mol. The van der Waals surface area contributed by atoms with Crippen LogP contribution >= 0.6 is 0 Å². The number of carbonyl (C=O) groups excluding carboxylic acids is 1. The van der Waals surface area contributed by atoms with Crippen LogP contribution in [-0.2, 0) is 19.8 Å². The van der Waals surface area contributed by atoms with Crippen molar-refractivity contribution in [1.82, 2.24) is 14.8 Å². The summed E-state index contributed by atoms with van der Waals surface area (Å²) in [7, 11) is 1.79. The van der Waals surface area contributed by atoms with Gasteiger partial charge in [0.05, 0.1) is 23.4 Å². The molecule has 1 N–H and O–H groups in total. The van der Waals surface area contributed by atoms with Gasteiger partial charge in [-0.05, 0) is 47.9 Å². The second kappa shape index (κ2) is 8.57. The monoisotopic (exact) mass is 477 g/mol. The molecule has 0 unspecified atom stereocenters. The highest BCUT2D eigenvalue weighted by atomic mass is 19.4. The van der Waals surface area contributed by atoms with Crippen molar-refractivity contribution in [2.24, 2.45) is 7.05 Å². The van der Waals surface area contributed by atoms with Crippen LogP contribution in [0.4, 0.5) is 24.5 Å². The van der Waals surface area contributed by atoms with Gasteiger partial charge in [-0.1, -0.05) is 36.4 Å². The average Bonchev–Trinajstić information content (AvgIpc) is 3.41. The smallest absolute Gasteiger partial charge is 0.385 e. The van der Waals surface area contributed by atoms with Gasteiger partial charge in [0.15, 0.2) is 5.82 Å². The van der Waals surface area contributed by atoms with E-state index < -0.39 is 17.6 Å². The third-order valence-corrected chi connectivity index (χ3v) is 6.08. The number of hydrogen-bond donors (Lipinski definition) is 1. The lowest BCUT2D eigenvalue weighted by Gasteiger charge is -2.24. The van der Waals surface area contributed by atoms with E-state index in [1.165, 1.54) is 17.0 Å². The molecule has 2 heterocycles. The molecule has 0 saturated carbocycles. The van der Waals surface area contributed by atoms with Crippen LogP contribution in [0.3, 0.4) is 0 Å². The zero-order chi connectivity index (χ0) is 24.7. The number of aromatic nitrogens is 3.